The molecule has 0 unspecified atom stereocenters. The van der Waals surface area contributed by atoms with Crippen LogP contribution < -0.4 is 10.5 Å². The highest BCUT2D eigenvalue weighted by atomic mass is 32.1. The van der Waals surface area contributed by atoms with Gasteiger partial charge in [0.1, 0.15) is 10.7 Å². The van der Waals surface area contributed by atoms with E-state index in [4.69, 9.17) is 27.4 Å². The van der Waals surface area contributed by atoms with Crippen molar-refractivity contribution in [3.63, 3.8) is 0 Å². The van der Waals surface area contributed by atoms with Gasteiger partial charge in [0, 0.05) is 12.2 Å². The van der Waals surface area contributed by atoms with Crippen molar-refractivity contribution in [2.75, 3.05) is 13.4 Å². The van der Waals surface area contributed by atoms with Crippen molar-refractivity contribution in [3.8, 4) is 5.75 Å². The molecule has 3 nitrogen and oxygen atoms in total. The Morgan fingerprint density at radius 2 is 2.29 bits per heavy atom. The SMILES string of the molecule is CCOCOc1cccc(C(N)=S)c1. The molecule has 1 rings (SSSR count). The van der Waals surface area contributed by atoms with E-state index in [9.17, 15) is 0 Å². The number of ether oxygens (including phenoxy) is 2. The summed E-state index contributed by atoms with van der Waals surface area (Å²) in [4.78, 5) is 0.367. The Balaban J connectivity index is 2.59. The van der Waals surface area contributed by atoms with E-state index >= 15 is 0 Å². The van der Waals surface area contributed by atoms with Gasteiger partial charge < -0.3 is 15.2 Å². The average Bonchev–Trinajstić information content (AvgIpc) is 2.19. The second-order valence-corrected chi connectivity index (χ2v) is 3.09. The lowest BCUT2D eigenvalue weighted by Crippen LogP contribution is -2.09. The minimum atomic E-state index is 0.247. The number of benzene rings is 1. The molecular formula is C10H13NO2S. The van der Waals surface area contributed by atoms with Gasteiger partial charge in [0.15, 0.2) is 6.79 Å². The summed E-state index contributed by atoms with van der Waals surface area (Å²) < 4.78 is 10.4. The summed E-state index contributed by atoms with van der Waals surface area (Å²) in [5.41, 5.74) is 6.28. The summed E-state index contributed by atoms with van der Waals surface area (Å²) >= 11 is 4.85. The molecule has 0 aromatic heterocycles. The summed E-state index contributed by atoms with van der Waals surface area (Å²) in [5, 5.41) is 0. The Morgan fingerprint density at radius 1 is 1.50 bits per heavy atom. The summed E-state index contributed by atoms with van der Waals surface area (Å²) in [6.07, 6.45) is 0. The molecule has 76 valence electrons. The lowest BCUT2D eigenvalue weighted by atomic mass is 10.2. The van der Waals surface area contributed by atoms with Crippen molar-refractivity contribution in [2.45, 2.75) is 6.92 Å². The summed E-state index contributed by atoms with van der Waals surface area (Å²) in [6.45, 7) is 2.79. The van der Waals surface area contributed by atoms with Crippen LogP contribution in [-0.2, 0) is 4.74 Å². The highest BCUT2D eigenvalue weighted by Crippen LogP contribution is 2.12. The maximum Gasteiger partial charge on any atom is 0.189 e. The summed E-state index contributed by atoms with van der Waals surface area (Å²) in [5.74, 6) is 0.712. The third-order valence-corrected chi connectivity index (χ3v) is 1.87. The van der Waals surface area contributed by atoms with Crippen LogP contribution >= 0.6 is 12.2 Å². The van der Waals surface area contributed by atoms with Gasteiger partial charge in [-0.25, -0.2) is 0 Å². The minimum absolute atomic E-state index is 0.247. The van der Waals surface area contributed by atoms with Gasteiger partial charge in [-0.1, -0.05) is 24.4 Å². The first-order valence-electron chi connectivity index (χ1n) is 4.34. The second kappa shape index (κ2) is 5.57. The fourth-order valence-corrected chi connectivity index (χ4v) is 1.06. The molecule has 1 aromatic rings. The number of nitrogens with two attached hydrogens (primary N) is 1. The molecular weight excluding hydrogens is 198 g/mol. The topological polar surface area (TPSA) is 44.5 Å². The number of rotatable bonds is 5. The molecule has 0 radical (unpaired) electrons. The summed E-state index contributed by atoms with van der Waals surface area (Å²) in [6, 6.07) is 7.31. The highest BCUT2D eigenvalue weighted by molar-refractivity contribution is 7.80. The zero-order valence-corrected chi connectivity index (χ0v) is 8.84. The smallest absolute Gasteiger partial charge is 0.189 e. The third kappa shape index (κ3) is 3.32. The Bertz CT molecular complexity index is 315. The number of thiocarbonyl (C=S) groups is 1. The Labute approximate surface area is 88.8 Å². The predicted molar refractivity (Wildman–Crippen MR) is 59.5 cm³/mol. The van der Waals surface area contributed by atoms with Gasteiger partial charge >= 0.3 is 0 Å². The first-order chi connectivity index (χ1) is 6.74. The quantitative estimate of drug-likeness (QED) is 0.457. The molecule has 14 heavy (non-hydrogen) atoms. The van der Waals surface area contributed by atoms with Crippen LogP contribution in [0.1, 0.15) is 12.5 Å². The van der Waals surface area contributed by atoms with E-state index in [1.54, 1.807) is 6.07 Å². The van der Waals surface area contributed by atoms with Crippen LogP contribution in [0.15, 0.2) is 24.3 Å². The molecule has 2 N–H and O–H groups in total. The van der Waals surface area contributed by atoms with E-state index in [-0.39, 0.29) is 6.79 Å². The van der Waals surface area contributed by atoms with E-state index in [1.807, 2.05) is 25.1 Å². The van der Waals surface area contributed by atoms with Crippen molar-refractivity contribution in [1.29, 1.82) is 0 Å². The molecule has 0 aliphatic rings. The highest BCUT2D eigenvalue weighted by Gasteiger charge is 1.98. The average molecular weight is 211 g/mol. The standard InChI is InChI=1S/C10H13NO2S/c1-2-12-7-13-9-5-3-4-8(6-9)10(11)14/h3-6H,2,7H2,1H3,(H2,11,14). The van der Waals surface area contributed by atoms with Crippen LogP contribution in [0.3, 0.4) is 0 Å². The minimum Gasteiger partial charge on any atom is -0.468 e. The molecule has 0 aliphatic heterocycles. The Hall–Kier alpha value is -1.13. The lowest BCUT2D eigenvalue weighted by molar-refractivity contribution is 0.0224. The largest absolute Gasteiger partial charge is 0.468 e. The van der Waals surface area contributed by atoms with Crippen LogP contribution in [0.25, 0.3) is 0 Å². The van der Waals surface area contributed by atoms with E-state index < -0.39 is 0 Å². The molecule has 0 atom stereocenters. The molecule has 0 bridgehead atoms. The van der Waals surface area contributed by atoms with Gasteiger partial charge in [0.25, 0.3) is 0 Å². The normalized spacial score (nSPS) is 9.79. The van der Waals surface area contributed by atoms with Crippen molar-refractivity contribution in [3.05, 3.63) is 29.8 Å². The molecule has 0 spiro atoms. The molecule has 4 heteroatoms. The Kier molecular flexibility index (Phi) is 4.35. The van der Waals surface area contributed by atoms with Crippen LogP contribution in [0.4, 0.5) is 0 Å². The summed E-state index contributed by atoms with van der Waals surface area (Å²) in [7, 11) is 0. The molecule has 0 heterocycles. The first kappa shape index (κ1) is 10.9. The molecule has 0 saturated heterocycles. The number of hydrogen-bond donors (Lipinski definition) is 1. The fourth-order valence-electron chi connectivity index (χ4n) is 0.932. The fraction of sp³-hybridized carbons (Fsp3) is 0.300. The van der Waals surface area contributed by atoms with Crippen molar-refractivity contribution < 1.29 is 9.47 Å². The van der Waals surface area contributed by atoms with Crippen molar-refractivity contribution in [1.82, 2.24) is 0 Å². The van der Waals surface area contributed by atoms with Crippen LogP contribution in [0, 0.1) is 0 Å². The van der Waals surface area contributed by atoms with Gasteiger partial charge in [-0.15, -0.1) is 0 Å². The van der Waals surface area contributed by atoms with Gasteiger partial charge in [-0.2, -0.15) is 0 Å². The van der Waals surface area contributed by atoms with Gasteiger partial charge in [0.2, 0.25) is 0 Å². The van der Waals surface area contributed by atoms with Crippen molar-refractivity contribution in [2.24, 2.45) is 5.73 Å². The second-order valence-electron chi connectivity index (χ2n) is 2.65. The first-order valence-corrected chi connectivity index (χ1v) is 4.75. The van der Waals surface area contributed by atoms with Crippen LogP contribution in [-0.4, -0.2) is 18.4 Å². The van der Waals surface area contributed by atoms with Crippen LogP contribution in [0.2, 0.25) is 0 Å². The molecule has 0 fully saturated rings. The number of hydrogen-bond acceptors (Lipinski definition) is 3. The predicted octanol–water partition coefficient (Wildman–Crippen LogP) is 1.69. The third-order valence-electron chi connectivity index (χ3n) is 1.63. The molecule has 0 amide bonds. The zero-order valence-electron chi connectivity index (χ0n) is 8.03. The molecule has 1 aromatic carbocycles. The van der Waals surface area contributed by atoms with Gasteiger partial charge in [-0.05, 0) is 19.1 Å². The maximum absolute atomic E-state index is 5.48. The van der Waals surface area contributed by atoms with Gasteiger partial charge in [-0.3, -0.25) is 0 Å². The molecule has 0 aliphatic carbocycles. The van der Waals surface area contributed by atoms with E-state index in [0.717, 1.165) is 5.56 Å². The van der Waals surface area contributed by atoms with E-state index in [2.05, 4.69) is 0 Å². The molecule has 0 saturated carbocycles. The maximum atomic E-state index is 5.48. The van der Waals surface area contributed by atoms with E-state index in [1.165, 1.54) is 0 Å². The van der Waals surface area contributed by atoms with E-state index in [0.29, 0.717) is 17.3 Å². The Morgan fingerprint density at radius 3 is 2.93 bits per heavy atom. The zero-order chi connectivity index (χ0) is 10.4. The van der Waals surface area contributed by atoms with Crippen LogP contribution in [0.5, 0.6) is 5.75 Å². The monoisotopic (exact) mass is 211 g/mol. The lowest BCUT2D eigenvalue weighted by Gasteiger charge is -2.06. The van der Waals surface area contributed by atoms with Gasteiger partial charge in [0.05, 0.1) is 0 Å². The van der Waals surface area contributed by atoms with Crippen molar-refractivity contribution >= 4 is 17.2 Å².